The van der Waals surface area contributed by atoms with E-state index in [-0.39, 0.29) is 25.1 Å². The first-order valence-electron chi connectivity index (χ1n) is 9.47. The van der Waals surface area contributed by atoms with Crippen LogP contribution in [0.5, 0.6) is 0 Å². The summed E-state index contributed by atoms with van der Waals surface area (Å²) in [5.74, 6) is -1.73. The third kappa shape index (κ3) is 3.15. The Balaban J connectivity index is 1.59. The third-order valence-corrected chi connectivity index (χ3v) is 5.55. The molecule has 1 fully saturated rings. The van der Waals surface area contributed by atoms with Crippen molar-refractivity contribution in [3.05, 3.63) is 76.7 Å². The molecule has 0 aromatic heterocycles. The number of carbonyl (C=O) groups excluding carboxylic acids is 3. The summed E-state index contributed by atoms with van der Waals surface area (Å²) in [5, 5.41) is 16.5. The van der Waals surface area contributed by atoms with E-state index in [9.17, 15) is 23.9 Å². The Morgan fingerprint density at radius 3 is 2.77 bits per heavy atom. The Morgan fingerprint density at radius 2 is 2.03 bits per heavy atom. The molecule has 0 bridgehead atoms. The van der Waals surface area contributed by atoms with Crippen molar-refractivity contribution >= 4 is 23.8 Å². The lowest BCUT2D eigenvalue weighted by atomic mass is 9.98. The van der Waals surface area contributed by atoms with Crippen molar-refractivity contribution in [2.45, 2.75) is 31.7 Å². The smallest absolute Gasteiger partial charge is 0.277 e. The highest BCUT2D eigenvalue weighted by atomic mass is 19.1. The summed E-state index contributed by atoms with van der Waals surface area (Å²) in [4.78, 5) is 37.4. The second-order valence-corrected chi connectivity index (χ2v) is 7.39. The molecule has 154 valence electrons. The molecule has 4 rings (SSSR count). The number of hydrogen-bond donors (Lipinski definition) is 3. The highest BCUT2D eigenvalue weighted by molar-refractivity contribution is 6.03. The highest BCUT2D eigenvalue weighted by Crippen LogP contribution is 2.36. The first-order valence-corrected chi connectivity index (χ1v) is 9.47. The number of nitrogens with one attached hydrogen (secondary N) is 2. The normalized spacial score (nSPS) is 20.7. The van der Waals surface area contributed by atoms with Crippen molar-refractivity contribution in [1.82, 2.24) is 10.2 Å². The van der Waals surface area contributed by atoms with Gasteiger partial charge in [-0.25, -0.2) is 4.39 Å². The molecular weight excluding hydrogens is 389 g/mol. The first kappa shape index (κ1) is 19.8. The fraction of sp³-hybridized carbons (Fsp3) is 0.227. The summed E-state index contributed by atoms with van der Waals surface area (Å²) in [6, 6.07) is 9.59. The maximum absolute atomic E-state index is 14.3. The Labute approximate surface area is 172 Å². The van der Waals surface area contributed by atoms with Crippen LogP contribution >= 0.6 is 0 Å². The minimum Gasteiger partial charge on any atom is -0.381 e. The largest absolute Gasteiger partial charge is 0.381 e. The number of amides is 2. The second kappa shape index (κ2) is 7.38. The molecule has 2 aromatic rings. The van der Waals surface area contributed by atoms with Gasteiger partial charge < -0.3 is 15.7 Å². The van der Waals surface area contributed by atoms with Crippen molar-refractivity contribution in [1.29, 1.82) is 0 Å². The molecule has 0 radical (unpaired) electrons. The van der Waals surface area contributed by atoms with Gasteiger partial charge in [0.25, 0.3) is 11.8 Å². The maximum atomic E-state index is 14.3. The lowest BCUT2D eigenvalue weighted by Gasteiger charge is -2.38. The zero-order chi connectivity index (χ0) is 21.5. The second-order valence-electron chi connectivity index (χ2n) is 7.39. The van der Waals surface area contributed by atoms with Gasteiger partial charge in [-0.3, -0.25) is 19.3 Å². The van der Waals surface area contributed by atoms with E-state index in [0.29, 0.717) is 40.8 Å². The molecule has 1 atom stereocenters. The van der Waals surface area contributed by atoms with Gasteiger partial charge >= 0.3 is 0 Å². The molecule has 0 aliphatic carbocycles. The maximum Gasteiger partial charge on any atom is 0.277 e. The number of allylic oxidation sites excluding steroid dienone is 1. The van der Waals surface area contributed by atoms with Crippen molar-refractivity contribution < 1.29 is 23.9 Å². The average Bonchev–Trinajstić information content (AvgIpc) is 3.08. The third-order valence-electron chi connectivity index (χ3n) is 5.55. The number of carbonyl (C=O) groups is 3. The zero-order valence-corrected chi connectivity index (χ0v) is 16.1. The minimum absolute atomic E-state index is 0.0268. The Morgan fingerprint density at radius 1 is 1.27 bits per heavy atom. The monoisotopic (exact) mass is 409 g/mol. The molecule has 3 N–H and O–H groups in total. The summed E-state index contributed by atoms with van der Waals surface area (Å²) in [5.41, 5.74) is 0.384. The molecule has 2 aliphatic rings. The van der Waals surface area contributed by atoms with Crippen molar-refractivity contribution in [2.75, 3.05) is 5.32 Å². The van der Waals surface area contributed by atoms with Gasteiger partial charge in [0.1, 0.15) is 5.82 Å². The van der Waals surface area contributed by atoms with E-state index in [0.717, 1.165) is 4.90 Å². The number of aldehydes is 1. The number of aliphatic hydroxyl groups is 1. The number of rotatable bonds is 5. The van der Waals surface area contributed by atoms with Gasteiger partial charge in [0.15, 0.2) is 6.29 Å². The molecule has 7 nitrogen and oxygen atoms in total. The van der Waals surface area contributed by atoms with Gasteiger partial charge in [-0.2, -0.15) is 0 Å². The topological polar surface area (TPSA) is 98.7 Å². The number of piperidine rings is 1. The van der Waals surface area contributed by atoms with Crippen LogP contribution in [0, 0.1) is 5.82 Å². The molecule has 1 saturated heterocycles. The van der Waals surface area contributed by atoms with E-state index >= 15 is 0 Å². The quantitative estimate of drug-likeness (QED) is 0.659. The summed E-state index contributed by atoms with van der Waals surface area (Å²) in [6.07, 6.45) is 0.879. The average molecular weight is 409 g/mol. The SMILES string of the molecule is C=C1CCC(O)(N2Cc3c(NCc4cccc(C=O)c4F)cccc3C2=O)C(=O)N1. The first-order chi connectivity index (χ1) is 14.3. The Hall–Kier alpha value is -3.52. The molecule has 30 heavy (non-hydrogen) atoms. The van der Waals surface area contributed by atoms with Crippen molar-refractivity contribution in [2.24, 2.45) is 0 Å². The highest BCUT2D eigenvalue weighted by Gasteiger charge is 2.50. The molecule has 1 unspecified atom stereocenters. The van der Waals surface area contributed by atoms with Gasteiger partial charge in [0, 0.05) is 41.0 Å². The van der Waals surface area contributed by atoms with Gasteiger partial charge in [-0.05, 0) is 24.6 Å². The van der Waals surface area contributed by atoms with Crippen LogP contribution in [0.4, 0.5) is 10.1 Å². The Kier molecular flexibility index (Phi) is 4.87. The molecular formula is C22H20FN3O4. The number of halogens is 1. The molecule has 2 aliphatic heterocycles. The minimum atomic E-state index is -1.96. The number of benzene rings is 2. The predicted octanol–water partition coefficient (Wildman–Crippen LogP) is 2.32. The Bertz CT molecular complexity index is 1080. The van der Waals surface area contributed by atoms with Crippen LogP contribution < -0.4 is 10.6 Å². The molecule has 8 heteroatoms. The lowest BCUT2D eigenvalue weighted by molar-refractivity contribution is -0.161. The van der Waals surface area contributed by atoms with Crippen molar-refractivity contribution in [3.8, 4) is 0 Å². The number of fused-ring (bicyclic) bond motifs is 1. The summed E-state index contributed by atoms with van der Waals surface area (Å²) < 4.78 is 14.3. The number of nitrogens with zero attached hydrogens (tertiary/aromatic N) is 1. The van der Waals surface area contributed by atoms with E-state index in [4.69, 9.17) is 0 Å². The van der Waals surface area contributed by atoms with E-state index in [1.54, 1.807) is 30.3 Å². The van der Waals surface area contributed by atoms with Crippen molar-refractivity contribution in [3.63, 3.8) is 0 Å². The van der Waals surface area contributed by atoms with E-state index in [2.05, 4.69) is 17.2 Å². The van der Waals surface area contributed by atoms with Crippen LogP contribution in [-0.2, 0) is 17.9 Å². The van der Waals surface area contributed by atoms with Gasteiger partial charge in [-0.15, -0.1) is 0 Å². The summed E-state index contributed by atoms with van der Waals surface area (Å²) >= 11 is 0. The molecule has 2 heterocycles. The standard InChI is InChI=1S/C22H20FN3O4/c1-13-8-9-22(30,21(29)25-13)26-11-17-16(20(26)28)6-3-7-18(17)24-10-14-4-2-5-15(12-27)19(14)23/h2-7,12,24,30H,1,8-11H2,(H,25,29). The van der Waals surface area contributed by atoms with Gasteiger partial charge in [0.05, 0.1) is 12.1 Å². The molecule has 0 saturated carbocycles. The zero-order valence-electron chi connectivity index (χ0n) is 16.1. The van der Waals surface area contributed by atoms with Crippen LogP contribution in [0.15, 0.2) is 48.7 Å². The van der Waals surface area contributed by atoms with Crippen LogP contribution in [0.2, 0.25) is 0 Å². The van der Waals surface area contributed by atoms with Crippen LogP contribution in [0.1, 0.15) is 44.7 Å². The molecule has 2 aromatic carbocycles. The van der Waals surface area contributed by atoms with Gasteiger partial charge in [-0.1, -0.05) is 24.8 Å². The fourth-order valence-electron chi connectivity index (χ4n) is 3.83. The number of hydrogen-bond acceptors (Lipinski definition) is 5. The van der Waals surface area contributed by atoms with Gasteiger partial charge in [0.2, 0.25) is 5.72 Å². The van der Waals surface area contributed by atoms with Crippen LogP contribution in [-0.4, -0.2) is 33.8 Å². The lowest BCUT2D eigenvalue weighted by Crippen LogP contribution is -2.61. The summed E-state index contributed by atoms with van der Waals surface area (Å²) in [7, 11) is 0. The summed E-state index contributed by atoms with van der Waals surface area (Å²) in [6.45, 7) is 3.83. The molecule has 2 amide bonds. The van der Waals surface area contributed by atoms with E-state index < -0.39 is 23.4 Å². The van der Waals surface area contributed by atoms with Crippen LogP contribution in [0.3, 0.4) is 0 Å². The fourth-order valence-corrected chi connectivity index (χ4v) is 3.83. The van der Waals surface area contributed by atoms with E-state index in [1.165, 1.54) is 6.07 Å². The van der Waals surface area contributed by atoms with Crippen LogP contribution in [0.25, 0.3) is 0 Å². The van der Waals surface area contributed by atoms with E-state index in [1.807, 2.05) is 0 Å². The number of anilines is 1. The molecule has 0 spiro atoms. The predicted molar refractivity (Wildman–Crippen MR) is 107 cm³/mol.